The Bertz CT molecular complexity index is 390. The van der Waals surface area contributed by atoms with Gasteiger partial charge in [0.1, 0.15) is 5.82 Å². The van der Waals surface area contributed by atoms with Crippen LogP contribution < -0.4 is 5.73 Å². The van der Waals surface area contributed by atoms with Crippen LogP contribution in [0.5, 0.6) is 0 Å². The summed E-state index contributed by atoms with van der Waals surface area (Å²) in [4.78, 5) is 2.44. The van der Waals surface area contributed by atoms with Gasteiger partial charge in [0.15, 0.2) is 0 Å². The van der Waals surface area contributed by atoms with Crippen LogP contribution in [-0.2, 0) is 6.54 Å². The Hall–Kier alpha value is -0.930. The maximum absolute atomic E-state index is 13.3. The molecule has 2 nitrogen and oxygen atoms in total. The summed E-state index contributed by atoms with van der Waals surface area (Å²) in [5, 5.41) is 0. The molecule has 0 saturated carbocycles. The first-order valence-corrected chi connectivity index (χ1v) is 6.86. The minimum absolute atomic E-state index is 0.133. The molecular formula is C15H23FN2. The van der Waals surface area contributed by atoms with Crippen molar-refractivity contribution in [1.82, 2.24) is 4.90 Å². The van der Waals surface area contributed by atoms with Crippen molar-refractivity contribution in [3.63, 3.8) is 0 Å². The van der Waals surface area contributed by atoms with Gasteiger partial charge >= 0.3 is 0 Å². The Morgan fingerprint density at radius 2 is 2.28 bits per heavy atom. The van der Waals surface area contributed by atoms with Crippen LogP contribution in [0.1, 0.15) is 30.4 Å². The van der Waals surface area contributed by atoms with Gasteiger partial charge in [0.2, 0.25) is 0 Å². The van der Waals surface area contributed by atoms with E-state index < -0.39 is 0 Å². The minimum Gasteiger partial charge on any atom is -0.330 e. The van der Waals surface area contributed by atoms with Gasteiger partial charge in [-0.15, -0.1) is 0 Å². The van der Waals surface area contributed by atoms with E-state index in [1.54, 1.807) is 6.07 Å². The standard InChI is InChI=1S/C15H23FN2/c1-12-4-5-15(16)9-14(12)11-18-8-2-3-13(10-18)6-7-17/h4-5,9,13H,2-3,6-8,10-11,17H2,1H3. The summed E-state index contributed by atoms with van der Waals surface area (Å²) in [7, 11) is 0. The summed E-state index contributed by atoms with van der Waals surface area (Å²) in [6, 6.07) is 5.07. The lowest BCUT2D eigenvalue weighted by atomic mass is 9.94. The van der Waals surface area contributed by atoms with E-state index in [1.807, 2.05) is 6.07 Å². The lowest BCUT2D eigenvalue weighted by Gasteiger charge is -2.33. The normalized spacial score (nSPS) is 21.2. The Kier molecular flexibility index (Phi) is 4.72. The molecule has 0 aliphatic carbocycles. The van der Waals surface area contributed by atoms with Gasteiger partial charge in [-0.05, 0) is 68.5 Å². The van der Waals surface area contributed by atoms with E-state index in [2.05, 4.69) is 11.8 Å². The molecule has 2 N–H and O–H groups in total. The summed E-state index contributed by atoms with van der Waals surface area (Å²) >= 11 is 0. The number of halogens is 1. The fourth-order valence-electron chi connectivity index (χ4n) is 2.82. The van der Waals surface area contributed by atoms with Crippen molar-refractivity contribution in [2.45, 2.75) is 32.7 Å². The highest BCUT2D eigenvalue weighted by atomic mass is 19.1. The minimum atomic E-state index is -0.133. The van der Waals surface area contributed by atoms with Crippen LogP contribution in [0.2, 0.25) is 0 Å². The highest BCUT2D eigenvalue weighted by Crippen LogP contribution is 2.22. The monoisotopic (exact) mass is 250 g/mol. The number of piperidine rings is 1. The molecule has 1 fully saturated rings. The largest absolute Gasteiger partial charge is 0.330 e. The Balaban J connectivity index is 1.98. The molecule has 2 rings (SSSR count). The quantitative estimate of drug-likeness (QED) is 0.890. The van der Waals surface area contributed by atoms with Crippen LogP contribution in [0.3, 0.4) is 0 Å². The van der Waals surface area contributed by atoms with Crippen LogP contribution in [0.4, 0.5) is 4.39 Å². The van der Waals surface area contributed by atoms with Crippen LogP contribution in [-0.4, -0.2) is 24.5 Å². The molecule has 1 heterocycles. The molecule has 3 heteroatoms. The average Bonchev–Trinajstić information content (AvgIpc) is 2.35. The smallest absolute Gasteiger partial charge is 0.123 e. The highest BCUT2D eigenvalue weighted by Gasteiger charge is 2.19. The second-order valence-corrected chi connectivity index (χ2v) is 5.39. The van der Waals surface area contributed by atoms with Crippen LogP contribution in [0.15, 0.2) is 18.2 Å². The first-order valence-electron chi connectivity index (χ1n) is 6.86. The molecule has 1 saturated heterocycles. The molecule has 1 aliphatic rings. The summed E-state index contributed by atoms with van der Waals surface area (Å²) in [5.41, 5.74) is 7.93. The first-order chi connectivity index (χ1) is 8.69. The lowest BCUT2D eigenvalue weighted by molar-refractivity contribution is 0.162. The van der Waals surface area contributed by atoms with Gasteiger partial charge in [0.25, 0.3) is 0 Å². The average molecular weight is 250 g/mol. The molecular weight excluding hydrogens is 227 g/mol. The van der Waals surface area contributed by atoms with E-state index in [9.17, 15) is 4.39 Å². The van der Waals surface area contributed by atoms with Crippen molar-refractivity contribution >= 4 is 0 Å². The number of likely N-dealkylation sites (tertiary alicyclic amines) is 1. The maximum Gasteiger partial charge on any atom is 0.123 e. The van der Waals surface area contributed by atoms with Gasteiger partial charge in [-0.2, -0.15) is 0 Å². The fourth-order valence-corrected chi connectivity index (χ4v) is 2.82. The SMILES string of the molecule is Cc1ccc(F)cc1CN1CCCC(CCN)C1. The van der Waals surface area contributed by atoms with E-state index in [1.165, 1.54) is 24.5 Å². The van der Waals surface area contributed by atoms with Crippen LogP contribution in [0.25, 0.3) is 0 Å². The van der Waals surface area contributed by atoms with Crippen molar-refractivity contribution in [3.8, 4) is 0 Å². The van der Waals surface area contributed by atoms with E-state index in [0.29, 0.717) is 0 Å². The molecule has 0 aromatic heterocycles. The lowest BCUT2D eigenvalue weighted by Crippen LogP contribution is -2.35. The molecule has 100 valence electrons. The van der Waals surface area contributed by atoms with Gasteiger partial charge in [-0.3, -0.25) is 4.90 Å². The second kappa shape index (κ2) is 6.30. The third kappa shape index (κ3) is 3.53. The van der Waals surface area contributed by atoms with Crippen molar-refractivity contribution in [2.75, 3.05) is 19.6 Å². The molecule has 1 aromatic carbocycles. The van der Waals surface area contributed by atoms with Crippen molar-refractivity contribution in [3.05, 3.63) is 35.1 Å². The van der Waals surface area contributed by atoms with Gasteiger partial charge in [-0.25, -0.2) is 4.39 Å². The Labute approximate surface area is 109 Å². The number of nitrogens with two attached hydrogens (primary N) is 1. The predicted octanol–water partition coefficient (Wildman–Crippen LogP) is 2.69. The zero-order valence-corrected chi connectivity index (χ0v) is 11.2. The summed E-state index contributed by atoms with van der Waals surface area (Å²) in [6.45, 7) is 5.92. The number of nitrogens with zero attached hydrogens (tertiary/aromatic N) is 1. The number of rotatable bonds is 4. The molecule has 1 aliphatic heterocycles. The highest BCUT2D eigenvalue weighted by molar-refractivity contribution is 5.26. The topological polar surface area (TPSA) is 29.3 Å². The van der Waals surface area contributed by atoms with Gasteiger partial charge in [0.05, 0.1) is 0 Å². The molecule has 1 atom stereocenters. The molecule has 1 unspecified atom stereocenters. The molecule has 0 radical (unpaired) electrons. The molecule has 18 heavy (non-hydrogen) atoms. The van der Waals surface area contributed by atoms with Crippen LogP contribution >= 0.6 is 0 Å². The second-order valence-electron chi connectivity index (χ2n) is 5.39. The first kappa shape index (κ1) is 13.5. The zero-order chi connectivity index (χ0) is 13.0. The predicted molar refractivity (Wildman–Crippen MR) is 72.8 cm³/mol. The zero-order valence-electron chi connectivity index (χ0n) is 11.2. The molecule has 0 bridgehead atoms. The molecule has 0 amide bonds. The van der Waals surface area contributed by atoms with Gasteiger partial charge < -0.3 is 5.73 Å². The van der Waals surface area contributed by atoms with E-state index in [-0.39, 0.29) is 5.82 Å². The van der Waals surface area contributed by atoms with Crippen molar-refractivity contribution < 1.29 is 4.39 Å². The maximum atomic E-state index is 13.3. The fraction of sp³-hybridized carbons (Fsp3) is 0.600. The van der Waals surface area contributed by atoms with Gasteiger partial charge in [-0.1, -0.05) is 6.07 Å². The van der Waals surface area contributed by atoms with Crippen molar-refractivity contribution in [2.24, 2.45) is 11.7 Å². The summed E-state index contributed by atoms with van der Waals surface area (Å²) in [6.07, 6.45) is 3.63. The summed E-state index contributed by atoms with van der Waals surface area (Å²) in [5.74, 6) is 0.587. The Morgan fingerprint density at radius 3 is 3.06 bits per heavy atom. The summed E-state index contributed by atoms with van der Waals surface area (Å²) < 4.78 is 13.3. The van der Waals surface area contributed by atoms with Crippen molar-refractivity contribution in [1.29, 1.82) is 0 Å². The number of hydrogen-bond acceptors (Lipinski definition) is 2. The number of hydrogen-bond donors (Lipinski definition) is 1. The third-order valence-electron chi connectivity index (χ3n) is 3.88. The molecule has 1 aromatic rings. The van der Waals surface area contributed by atoms with Gasteiger partial charge in [0, 0.05) is 13.1 Å². The van der Waals surface area contributed by atoms with Crippen LogP contribution in [0, 0.1) is 18.7 Å². The number of benzene rings is 1. The molecule has 0 spiro atoms. The third-order valence-corrected chi connectivity index (χ3v) is 3.88. The Morgan fingerprint density at radius 1 is 1.44 bits per heavy atom. The van der Waals surface area contributed by atoms with E-state index in [4.69, 9.17) is 5.73 Å². The number of aryl methyl sites for hydroxylation is 1. The van der Waals surface area contributed by atoms with E-state index in [0.717, 1.165) is 44.1 Å². The van der Waals surface area contributed by atoms with E-state index >= 15 is 0 Å².